The van der Waals surface area contributed by atoms with Crippen LogP contribution in [0.2, 0.25) is 0 Å². The van der Waals surface area contributed by atoms with E-state index in [1.54, 1.807) is 0 Å². The molecule has 1 nitrogen and oxygen atoms in total. The minimum absolute atomic E-state index is 0.820. The number of hydrogen-bond donors (Lipinski definition) is 0. The molecule has 0 N–H and O–H groups in total. The largest absolute Gasteiger partial charge is 0.493 e. The second kappa shape index (κ2) is 7.61. The Morgan fingerprint density at radius 2 is 1.84 bits per heavy atom. The van der Waals surface area contributed by atoms with Gasteiger partial charge in [-0.3, -0.25) is 0 Å². The van der Waals surface area contributed by atoms with Crippen LogP contribution >= 0.6 is 0 Å². The van der Waals surface area contributed by atoms with Gasteiger partial charge in [0.1, 0.15) is 11.5 Å². The summed E-state index contributed by atoms with van der Waals surface area (Å²) in [5.41, 5.74) is 0. The van der Waals surface area contributed by atoms with Gasteiger partial charge in [0.2, 0.25) is 0 Å². The second-order valence-electron chi connectivity index (χ2n) is 8.03. The molecule has 0 amide bonds. The average molecular weight is 356 g/mol. The Bertz CT molecular complexity index is 723. The first-order valence-electron chi connectivity index (χ1n) is 10.1. The number of rotatable bonds is 7. The van der Waals surface area contributed by atoms with E-state index < -0.39 is 0 Å². The minimum atomic E-state index is 0.820. The summed E-state index contributed by atoms with van der Waals surface area (Å²) in [7, 11) is 0. The zero-order valence-corrected chi connectivity index (χ0v) is 16.5. The molecule has 0 heterocycles. The highest BCUT2D eigenvalue weighted by atomic mass is 32.2. The zero-order chi connectivity index (χ0) is 17.2. The van der Waals surface area contributed by atoms with Crippen molar-refractivity contribution in [3.63, 3.8) is 0 Å². The minimum Gasteiger partial charge on any atom is -0.493 e. The van der Waals surface area contributed by atoms with Crippen LogP contribution < -0.4 is 4.74 Å². The monoisotopic (exact) mass is 355 g/mol. The molecular formula is C23H31OS+. The number of benzene rings is 2. The molecule has 0 radical (unpaired) electrons. The lowest BCUT2D eigenvalue weighted by Crippen LogP contribution is -2.23. The number of ether oxygens (including phenoxy) is 1. The van der Waals surface area contributed by atoms with Crippen molar-refractivity contribution in [2.75, 3.05) is 12.4 Å². The summed E-state index contributed by atoms with van der Waals surface area (Å²) >= 11 is 1.50. The number of unbranched alkanes of at least 4 members (excludes halogenated alkanes) is 1. The van der Waals surface area contributed by atoms with Gasteiger partial charge < -0.3 is 4.74 Å². The van der Waals surface area contributed by atoms with Crippen LogP contribution in [-0.2, 0) is 11.8 Å². The van der Waals surface area contributed by atoms with E-state index in [1.165, 1.54) is 58.9 Å². The molecule has 25 heavy (non-hydrogen) atoms. The first-order valence-corrected chi connectivity index (χ1v) is 11.2. The fourth-order valence-corrected chi connectivity index (χ4v) is 6.65. The normalized spacial score (nSPS) is 27.9. The molecule has 4 atom stereocenters. The third-order valence-electron chi connectivity index (χ3n) is 6.63. The Labute approximate surface area is 156 Å². The van der Waals surface area contributed by atoms with Crippen molar-refractivity contribution < 1.29 is 4.74 Å². The van der Waals surface area contributed by atoms with Gasteiger partial charge in [-0.15, -0.1) is 0 Å². The van der Waals surface area contributed by atoms with Crippen molar-refractivity contribution in [2.24, 2.45) is 23.7 Å². The quantitative estimate of drug-likeness (QED) is 0.343. The summed E-state index contributed by atoms with van der Waals surface area (Å²) in [5, 5.41) is 2.67. The first kappa shape index (κ1) is 17.3. The molecule has 0 aliphatic heterocycles. The van der Waals surface area contributed by atoms with Crippen LogP contribution in [0.25, 0.3) is 10.8 Å². The third kappa shape index (κ3) is 3.43. The van der Waals surface area contributed by atoms with Crippen LogP contribution in [-0.4, -0.2) is 12.4 Å². The predicted molar refractivity (Wildman–Crippen MR) is 110 cm³/mol. The molecule has 2 fully saturated rings. The highest BCUT2D eigenvalue weighted by molar-refractivity contribution is 7.78. The summed E-state index contributed by atoms with van der Waals surface area (Å²) in [4.78, 5) is 1.48. The van der Waals surface area contributed by atoms with Crippen molar-refractivity contribution in [2.45, 2.75) is 50.8 Å². The first-order chi connectivity index (χ1) is 12.3. The highest BCUT2D eigenvalue weighted by Gasteiger charge is 2.46. The van der Waals surface area contributed by atoms with Gasteiger partial charge in [-0.25, -0.2) is 0 Å². The van der Waals surface area contributed by atoms with Crippen molar-refractivity contribution in [3.05, 3.63) is 36.4 Å². The van der Waals surface area contributed by atoms with Crippen LogP contribution in [0.1, 0.15) is 46.0 Å². The lowest BCUT2D eigenvalue weighted by Gasteiger charge is -2.25. The molecule has 4 rings (SSSR count). The predicted octanol–water partition coefficient (Wildman–Crippen LogP) is 5.87. The molecule has 0 saturated heterocycles. The lowest BCUT2D eigenvalue weighted by molar-refractivity contribution is 0.264. The molecule has 2 heteroatoms. The smallest absolute Gasteiger partial charge is 0.160 e. The van der Waals surface area contributed by atoms with Crippen LogP contribution in [0.3, 0.4) is 0 Å². The topological polar surface area (TPSA) is 9.23 Å². The molecule has 2 aromatic carbocycles. The SMILES string of the molecule is CCCCOc1ccc([SH+]CC2C3CCC(C3)C2C)c2ccccc12. The molecule has 2 bridgehead atoms. The molecule has 4 unspecified atom stereocenters. The van der Waals surface area contributed by atoms with Gasteiger partial charge in [0, 0.05) is 28.5 Å². The molecule has 2 aliphatic carbocycles. The van der Waals surface area contributed by atoms with Gasteiger partial charge in [0.25, 0.3) is 0 Å². The van der Waals surface area contributed by atoms with E-state index in [-0.39, 0.29) is 0 Å². The zero-order valence-electron chi connectivity index (χ0n) is 15.6. The Balaban J connectivity index is 1.51. The maximum Gasteiger partial charge on any atom is 0.160 e. The van der Waals surface area contributed by atoms with E-state index in [2.05, 4.69) is 50.2 Å². The van der Waals surface area contributed by atoms with Crippen LogP contribution in [0.5, 0.6) is 5.75 Å². The van der Waals surface area contributed by atoms with Crippen molar-refractivity contribution in [1.82, 2.24) is 0 Å². The van der Waals surface area contributed by atoms with Gasteiger partial charge >= 0.3 is 0 Å². The maximum absolute atomic E-state index is 6.05. The van der Waals surface area contributed by atoms with Gasteiger partial charge in [0.15, 0.2) is 4.90 Å². The third-order valence-corrected chi connectivity index (χ3v) is 7.96. The van der Waals surface area contributed by atoms with Gasteiger partial charge in [0.05, 0.1) is 6.61 Å². The van der Waals surface area contributed by atoms with Crippen molar-refractivity contribution in [3.8, 4) is 5.75 Å². The number of fused-ring (bicyclic) bond motifs is 3. The standard InChI is InChI=1S/C23H30OS/c1-3-4-13-24-22-11-12-23(20-8-6-5-7-19(20)22)25-15-21-16(2)17-9-10-18(21)14-17/h5-8,11-12,16-18,21H,3-4,9-10,13-15H2,1-2H3/p+1. The molecule has 2 saturated carbocycles. The van der Waals surface area contributed by atoms with E-state index in [0.29, 0.717) is 0 Å². The number of hydrogen-bond acceptors (Lipinski definition) is 1. The van der Waals surface area contributed by atoms with E-state index in [4.69, 9.17) is 4.74 Å². The van der Waals surface area contributed by atoms with E-state index >= 15 is 0 Å². The Morgan fingerprint density at radius 3 is 2.60 bits per heavy atom. The Morgan fingerprint density at radius 1 is 1.04 bits per heavy atom. The Kier molecular flexibility index (Phi) is 5.26. The Hall–Kier alpha value is -1.15. The van der Waals surface area contributed by atoms with Crippen molar-refractivity contribution in [1.29, 1.82) is 0 Å². The summed E-state index contributed by atoms with van der Waals surface area (Å²) < 4.78 is 6.05. The van der Waals surface area contributed by atoms with Gasteiger partial charge in [-0.1, -0.05) is 38.5 Å². The molecule has 134 valence electrons. The van der Waals surface area contributed by atoms with Gasteiger partial charge in [-0.2, -0.15) is 0 Å². The summed E-state index contributed by atoms with van der Waals surface area (Å²) in [6.07, 6.45) is 6.78. The lowest BCUT2D eigenvalue weighted by atomic mass is 9.82. The van der Waals surface area contributed by atoms with Crippen LogP contribution in [0, 0.1) is 23.7 Å². The van der Waals surface area contributed by atoms with E-state index in [1.807, 2.05) is 0 Å². The van der Waals surface area contributed by atoms with E-state index in [9.17, 15) is 0 Å². The molecule has 0 aromatic heterocycles. The molecule has 2 aromatic rings. The van der Waals surface area contributed by atoms with Crippen LogP contribution in [0.4, 0.5) is 0 Å². The highest BCUT2D eigenvalue weighted by Crippen LogP contribution is 2.52. The summed E-state index contributed by atoms with van der Waals surface area (Å²) in [5.74, 6) is 6.30. The second-order valence-corrected chi connectivity index (χ2v) is 9.19. The van der Waals surface area contributed by atoms with Gasteiger partial charge in [-0.05, 0) is 61.6 Å². The van der Waals surface area contributed by atoms with Crippen molar-refractivity contribution >= 4 is 22.5 Å². The van der Waals surface area contributed by atoms with Crippen LogP contribution in [0.15, 0.2) is 41.3 Å². The fraction of sp³-hybridized carbons (Fsp3) is 0.565. The molecule has 0 spiro atoms. The summed E-state index contributed by atoms with van der Waals surface area (Å²) in [6.45, 7) is 5.53. The maximum atomic E-state index is 6.05. The molecule has 2 aliphatic rings. The summed E-state index contributed by atoms with van der Waals surface area (Å²) in [6, 6.07) is 13.3. The average Bonchev–Trinajstić information content (AvgIpc) is 3.23. The molecular weight excluding hydrogens is 324 g/mol. The number of thiol groups is 1. The van der Waals surface area contributed by atoms with E-state index in [0.717, 1.165) is 42.4 Å². The fourth-order valence-electron chi connectivity index (χ4n) is 5.06.